The molecule has 0 aliphatic heterocycles. The molecular weight excluding hydrogens is 283 g/mol. The van der Waals surface area contributed by atoms with Crippen LogP contribution in [0.2, 0.25) is 0 Å². The van der Waals surface area contributed by atoms with Gasteiger partial charge in [-0.1, -0.05) is 23.9 Å². The molecule has 1 N–H and O–H groups in total. The summed E-state index contributed by atoms with van der Waals surface area (Å²) >= 11 is 1.47. The van der Waals surface area contributed by atoms with Crippen LogP contribution in [-0.2, 0) is 0 Å². The average molecular weight is 298 g/mol. The van der Waals surface area contributed by atoms with Crippen molar-refractivity contribution in [2.24, 2.45) is 0 Å². The zero-order valence-corrected chi connectivity index (χ0v) is 10.4. The number of likely N-dealkylation sites (N-methyl/N-ethyl adjacent to an activating group) is 1. The Labute approximate surface area is 95.6 Å². The maximum absolute atomic E-state index is 7.49. The van der Waals surface area contributed by atoms with Crippen molar-refractivity contribution < 1.29 is 0 Å². The minimum atomic E-state index is 0. The Kier molecular flexibility index (Phi) is 11.1. The van der Waals surface area contributed by atoms with Crippen LogP contribution in [0, 0.1) is 5.41 Å². The Balaban J connectivity index is 0. The standard InChI is InChI=1S/C8H14N2S.HI/c1-4-6-10(3)8(9)11-7-5-2;/h4-5,9H,1-2,6-7H2,3H3;1H. The first-order chi connectivity index (χ1) is 5.22. The molecular formula is C8H15IN2S. The van der Waals surface area contributed by atoms with E-state index in [2.05, 4.69) is 13.2 Å². The number of nitrogens with zero attached hydrogens (tertiary/aromatic N) is 1. The van der Waals surface area contributed by atoms with Crippen LogP contribution in [0.5, 0.6) is 0 Å². The zero-order chi connectivity index (χ0) is 8.69. The van der Waals surface area contributed by atoms with Gasteiger partial charge in [-0.05, 0) is 0 Å². The highest BCUT2D eigenvalue weighted by Gasteiger charge is 2.00. The highest BCUT2D eigenvalue weighted by atomic mass is 127. The van der Waals surface area contributed by atoms with Gasteiger partial charge in [0.1, 0.15) is 0 Å². The molecule has 0 aliphatic carbocycles. The summed E-state index contributed by atoms with van der Waals surface area (Å²) in [6.07, 6.45) is 3.57. The third kappa shape index (κ3) is 6.72. The van der Waals surface area contributed by atoms with Gasteiger partial charge in [0.25, 0.3) is 0 Å². The van der Waals surface area contributed by atoms with E-state index in [0.29, 0.717) is 5.17 Å². The van der Waals surface area contributed by atoms with E-state index in [1.54, 1.807) is 12.2 Å². The second kappa shape index (κ2) is 9.12. The van der Waals surface area contributed by atoms with Gasteiger partial charge in [-0.25, -0.2) is 0 Å². The molecule has 0 fully saturated rings. The summed E-state index contributed by atoms with van der Waals surface area (Å²) in [5.74, 6) is 0.792. The normalized spacial score (nSPS) is 8.08. The van der Waals surface area contributed by atoms with Crippen molar-refractivity contribution in [1.82, 2.24) is 4.90 Å². The predicted octanol–water partition coefficient (Wildman–Crippen LogP) is 2.58. The van der Waals surface area contributed by atoms with Crippen molar-refractivity contribution in [1.29, 1.82) is 5.41 Å². The highest BCUT2D eigenvalue weighted by molar-refractivity contribution is 14.0. The van der Waals surface area contributed by atoms with Gasteiger partial charge in [-0.2, -0.15) is 0 Å². The molecule has 70 valence electrons. The summed E-state index contributed by atoms with van der Waals surface area (Å²) < 4.78 is 0. The molecule has 4 heteroatoms. The molecule has 0 aliphatic rings. The van der Waals surface area contributed by atoms with E-state index in [4.69, 9.17) is 5.41 Å². The van der Waals surface area contributed by atoms with E-state index in [0.717, 1.165) is 12.3 Å². The third-order valence-corrected chi connectivity index (χ3v) is 2.08. The summed E-state index contributed by atoms with van der Waals surface area (Å²) in [6, 6.07) is 0. The van der Waals surface area contributed by atoms with E-state index in [9.17, 15) is 0 Å². The van der Waals surface area contributed by atoms with Gasteiger partial charge in [-0.3, -0.25) is 5.41 Å². The topological polar surface area (TPSA) is 27.1 Å². The number of halogens is 1. The minimum absolute atomic E-state index is 0. The van der Waals surface area contributed by atoms with E-state index in [1.807, 2.05) is 11.9 Å². The zero-order valence-electron chi connectivity index (χ0n) is 7.25. The Hall–Kier alpha value is 0.0300. The van der Waals surface area contributed by atoms with Crippen LogP contribution >= 0.6 is 35.7 Å². The molecule has 0 aromatic heterocycles. The molecule has 0 aromatic rings. The lowest BCUT2D eigenvalue weighted by Crippen LogP contribution is -2.23. The molecule has 0 saturated carbocycles. The minimum Gasteiger partial charge on any atom is -0.351 e. The fourth-order valence-corrected chi connectivity index (χ4v) is 1.10. The lowest BCUT2D eigenvalue weighted by atomic mass is 10.6. The lowest BCUT2D eigenvalue weighted by Gasteiger charge is -2.15. The Bertz CT molecular complexity index is 159. The Morgan fingerprint density at radius 2 is 2.08 bits per heavy atom. The first kappa shape index (κ1) is 14.5. The molecule has 0 bridgehead atoms. The van der Waals surface area contributed by atoms with Gasteiger partial charge in [0.15, 0.2) is 5.17 Å². The average Bonchev–Trinajstić information content (AvgIpc) is 2.00. The van der Waals surface area contributed by atoms with Gasteiger partial charge in [0, 0.05) is 19.3 Å². The summed E-state index contributed by atoms with van der Waals surface area (Å²) in [7, 11) is 1.88. The largest absolute Gasteiger partial charge is 0.351 e. The fraction of sp³-hybridized carbons (Fsp3) is 0.375. The van der Waals surface area contributed by atoms with E-state index < -0.39 is 0 Å². The van der Waals surface area contributed by atoms with Gasteiger partial charge in [0.2, 0.25) is 0 Å². The molecule has 0 spiro atoms. The van der Waals surface area contributed by atoms with Gasteiger partial charge < -0.3 is 4.90 Å². The van der Waals surface area contributed by atoms with Crippen LogP contribution in [0.4, 0.5) is 0 Å². The summed E-state index contributed by atoms with van der Waals surface area (Å²) in [5, 5.41) is 8.05. The van der Waals surface area contributed by atoms with Gasteiger partial charge in [0.05, 0.1) is 0 Å². The summed E-state index contributed by atoms with van der Waals surface area (Å²) in [6.45, 7) is 7.90. The van der Waals surface area contributed by atoms with Gasteiger partial charge >= 0.3 is 0 Å². The van der Waals surface area contributed by atoms with Crippen LogP contribution in [-0.4, -0.2) is 29.4 Å². The number of hydrogen-bond acceptors (Lipinski definition) is 2. The molecule has 2 nitrogen and oxygen atoms in total. The van der Waals surface area contributed by atoms with Crippen LogP contribution in [0.25, 0.3) is 0 Å². The summed E-state index contributed by atoms with van der Waals surface area (Å²) in [4.78, 5) is 1.83. The quantitative estimate of drug-likeness (QED) is 0.374. The maximum Gasteiger partial charge on any atom is 0.156 e. The van der Waals surface area contributed by atoms with Crippen LogP contribution in [0.15, 0.2) is 25.3 Å². The van der Waals surface area contributed by atoms with Crippen LogP contribution in [0.1, 0.15) is 0 Å². The third-order valence-electron chi connectivity index (χ3n) is 1.09. The van der Waals surface area contributed by atoms with E-state index >= 15 is 0 Å². The fourth-order valence-electron chi connectivity index (χ4n) is 0.525. The first-order valence-corrected chi connectivity index (χ1v) is 4.35. The second-order valence-electron chi connectivity index (χ2n) is 2.07. The predicted molar refractivity (Wildman–Crippen MR) is 68.6 cm³/mol. The van der Waals surface area contributed by atoms with Crippen molar-refractivity contribution in [2.75, 3.05) is 19.3 Å². The van der Waals surface area contributed by atoms with E-state index in [1.165, 1.54) is 11.8 Å². The maximum atomic E-state index is 7.49. The monoisotopic (exact) mass is 298 g/mol. The van der Waals surface area contributed by atoms with Crippen molar-refractivity contribution in [3.63, 3.8) is 0 Å². The van der Waals surface area contributed by atoms with Crippen molar-refractivity contribution in [2.45, 2.75) is 0 Å². The molecule has 0 atom stereocenters. The van der Waals surface area contributed by atoms with Crippen molar-refractivity contribution >= 4 is 40.9 Å². The molecule has 0 heterocycles. The number of nitrogens with one attached hydrogen (secondary N) is 1. The number of amidine groups is 1. The number of thioether (sulfide) groups is 1. The smallest absolute Gasteiger partial charge is 0.156 e. The lowest BCUT2D eigenvalue weighted by molar-refractivity contribution is 0.573. The van der Waals surface area contributed by atoms with Crippen LogP contribution < -0.4 is 0 Å². The highest BCUT2D eigenvalue weighted by Crippen LogP contribution is 2.04. The Morgan fingerprint density at radius 3 is 2.50 bits per heavy atom. The number of hydrogen-bond donors (Lipinski definition) is 1. The second-order valence-corrected chi connectivity index (χ2v) is 3.08. The van der Waals surface area contributed by atoms with Crippen molar-refractivity contribution in [3.8, 4) is 0 Å². The first-order valence-electron chi connectivity index (χ1n) is 3.36. The summed E-state index contributed by atoms with van der Waals surface area (Å²) in [5.41, 5.74) is 0. The molecule has 0 saturated heterocycles. The van der Waals surface area contributed by atoms with Gasteiger partial charge in [-0.15, -0.1) is 37.1 Å². The molecule has 0 aromatic carbocycles. The molecule has 12 heavy (non-hydrogen) atoms. The van der Waals surface area contributed by atoms with Crippen LogP contribution in [0.3, 0.4) is 0 Å². The SMILES string of the molecule is C=CCSC(=N)N(C)CC=C.I. The number of rotatable bonds is 4. The van der Waals surface area contributed by atoms with E-state index in [-0.39, 0.29) is 24.0 Å². The Morgan fingerprint density at radius 1 is 1.50 bits per heavy atom. The van der Waals surface area contributed by atoms with Crippen molar-refractivity contribution in [3.05, 3.63) is 25.3 Å². The molecule has 0 rings (SSSR count). The molecule has 0 unspecified atom stereocenters. The molecule has 0 amide bonds. The molecule has 0 radical (unpaired) electrons.